The highest BCUT2D eigenvalue weighted by atomic mass is 19.4. The Kier molecular flexibility index (Phi) is 15.4. The molecule has 28 heteroatoms. The number of carboxylic acid groups (broad SMARTS) is 1. The van der Waals surface area contributed by atoms with Crippen molar-refractivity contribution in [2.45, 2.75) is 56.0 Å². The number of hydrogen-bond acceptors (Lipinski definition) is 1. The van der Waals surface area contributed by atoms with Gasteiger partial charge in [0.15, 0.2) is 18.9 Å². The highest BCUT2D eigenvalue weighted by molar-refractivity contribution is 7.20. The number of nitrogens with zero attached hydrogens (tertiary/aromatic N) is 1. The molecule has 410 valence electrons. The number of aromatic nitrogens is 1. The number of rotatable bonds is 7. The van der Waals surface area contributed by atoms with Gasteiger partial charge in [0.1, 0.15) is 6.15 Å². The lowest BCUT2D eigenvalue weighted by molar-refractivity contribution is -0.687. The van der Waals surface area contributed by atoms with Gasteiger partial charge in [-0.1, -0.05) is 84.9 Å². The van der Waals surface area contributed by atoms with Crippen LogP contribution in [0, 0.1) is 0 Å². The zero-order valence-corrected chi connectivity index (χ0v) is 37.4. The van der Waals surface area contributed by atoms with Crippen molar-refractivity contribution in [2.24, 2.45) is 0 Å². The molecule has 0 spiro atoms. The van der Waals surface area contributed by atoms with Crippen LogP contribution in [-0.2, 0) is 56.0 Å². The first kappa shape index (κ1) is 58.8. The maximum Gasteiger partial charge on any atom is 0.416 e. The molecule has 0 saturated heterocycles. The van der Waals surface area contributed by atoms with E-state index in [0.29, 0.717) is 5.56 Å². The zero-order chi connectivity index (χ0) is 57.9. The molecule has 0 saturated carbocycles. The summed E-state index contributed by atoms with van der Waals surface area (Å²) < 4.78 is 343. The van der Waals surface area contributed by atoms with Crippen LogP contribution in [-0.4, -0.2) is 17.2 Å². The molecule has 77 heavy (non-hydrogen) atoms. The number of benzene rings is 6. The standard InChI is InChI=1S/C32H12BF24.C17H13NO2/c34-25(35,36)13-1-14(26(37,38)39)6-21(5-13)33(22-7-15(27(40,41)42)2-16(8-22)28(43,44)45,23-9-17(29(46,47)48)3-18(10-23)30(49,50)51)24-11-19(31(52,53)54)4-20(12-24)32(55,56)57;19-17(20)15-7-6-14-8-9-18(12-16(14)10-15)11-13-4-2-1-3-5-13/h1-12H;1-10,12H,11H2/q-1;/p+1. The first-order valence-electron chi connectivity index (χ1n) is 21.0. The maximum atomic E-state index is 14.2. The molecule has 0 fully saturated rings. The van der Waals surface area contributed by atoms with Crippen molar-refractivity contribution in [3.05, 3.63) is 195 Å². The van der Waals surface area contributed by atoms with Crippen molar-refractivity contribution < 1.29 is 120 Å². The van der Waals surface area contributed by atoms with Crippen LogP contribution >= 0.6 is 0 Å². The molecule has 1 aromatic heterocycles. The highest BCUT2D eigenvalue weighted by Crippen LogP contribution is 2.41. The lowest BCUT2D eigenvalue weighted by Crippen LogP contribution is -2.75. The monoisotopic (exact) mass is 1130 g/mol. The molecule has 0 aliphatic heterocycles. The number of halogens is 24. The van der Waals surface area contributed by atoms with Crippen LogP contribution in [0.4, 0.5) is 105 Å². The number of aromatic carboxylic acids is 1. The second-order valence-corrected chi connectivity index (χ2v) is 17.0. The summed E-state index contributed by atoms with van der Waals surface area (Å²) in [5.41, 5.74) is -28.7. The van der Waals surface area contributed by atoms with E-state index in [-0.39, 0.29) is 0 Å². The summed E-state index contributed by atoms with van der Waals surface area (Å²) in [6.45, 7) is 0.772. The quantitative estimate of drug-likeness (QED) is 0.0982. The van der Waals surface area contributed by atoms with Crippen molar-refractivity contribution in [3.63, 3.8) is 0 Å². The summed E-state index contributed by atoms with van der Waals surface area (Å²) in [5, 5.41) is 11.0. The van der Waals surface area contributed by atoms with E-state index < -0.39 is 201 Å². The van der Waals surface area contributed by atoms with Crippen molar-refractivity contribution >= 4 is 44.7 Å². The normalized spacial score (nSPS) is 13.4. The van der Waals surface area contributed by atoms with Crippen molar-refractivity contribution in [2.75, 3.05) is 0 Å². The van der Waals surface area contributed by atoms with Crippen LogP contribution in [0.1, 0.15) is 60.4 Å². The molecular weight excluding hydrogens is 1100 g/mol. The first-order chi connectivity index (χ1) is 35.0. The van der Waals surface area contributed by atoms with E-state index in [1.807, 2.05) is 42.7 Å². The molecule has 7 rings (SSSR count). The van der Waals surface area contributed by atoms with Crippen LogP contribution < -0.4 is 26.4 Å². The molecule has 0 aliphatic rings. The summed E-state index contributed by atoms with van der Waals surface area (Å²) in [5.74, 6) is -0.898. The number of pyridine rings is 1. The fraction of sp³-hybridized carbons (Fsp3) is 0.184. The Morgan fingerprint density at radius 2 is 0.649 bits per heavy atom. The SMILES string of the molecule is FC(F)(F)c1cc([B-](c2cc(C(F)(F)F)cc(C(F)(F)F)c2)(c2cc(C(F)(F)F)cc(C(F)(F)F)c2)c2cc(C(F)(F)F)cc(C(F)(F)F)c2)cc(C(F)(F)F)c1.O=C(O)c1ccc2cc[n+](Cc3ccccc3)cc2c1. The minimum Gasteiger partial charge on any atom is -0.478 e. The van der Waals surface area contributed by atoms with Crippen LogP contribution in [0.15, 0.2) is 140 Å². The molecule has 0 unspecified atom stereocenters. The molecular formula is C49H26BF24NO2. The van der Waals surface area contributed by atoms with Crippen LogP contribution in [0.5, 0.6) is 0 Å². The Balaban J connectivity index is 0.000000397. The predicted octanol–water partition coefficient (Wildman–Crippen LogP) is 14.1. The van der Waals surface area contributed by atoms with E-state index in [1.165, 1.54) is 5.56 Å². The summed E-state index contributed by atoms with van der Waals surface area (Å²) in [6.07, 6.45) is -50.8. The Labute approximate surface area is 415 Å². The van der Waals surface area contributed by atoms with Crippen LogP contribution in [0.25, 0.3) is 10.8 Å². The Hall–Kier alpha value is -7.42. The Morgan fingerprint density at radius 3 is 0.909 bits per heavy atom. The van der Waals surface area contributed by atoms with Gasteiger partial charge in [-0.25, -0.2) is 9.36 Å². The summed E-state index contributed by atoms with van der Waals surface area (Å²) in [4.78, 5) is 11.0. The topological polar surface area (TPSA) is 41.2 Å². The van der Waals surface area contributed by atoms with E-state index >= 15 is 0 Å². The molecule has 1 heterocycles. The number of carbonyl (C=O) groups is 1. The second-order valence-electron chi connectivity index (χ2n) is 17.0. The summed E-state index contributed by atoms with van der Waals surface area (Å²) in [7, 11) is 0. The number of carboxylic acids is 1. The second kappa shape index (κ2) is 20.2. The van der Waals surface area contributed by atoms with Crippen molar-refractivity contribution in [1.82, 2.24) is 0 Å². The van der Waals surface area contributed by atoms with Crippen LogP contribution in [0.2, 0.25) is 0 Å². The molecule has 0 bridgehead atoms. The minimum absolute atomic E-state index is 0.315. The molecule has 0 amide bonds. The van der Waals surface area contributed by atoms with Crippen molar-refractivity contribution in [3.8, 4) is 0 Å². The number of alkyl halides is 24. The third-order valence-corrected chi connectivity index (χ3v) is 11.7. The van der Waals surface area contributed by atoms with E-state index in [1.54, 1.807) is 12.1 Å². The van der Waals surface area contributed by atoms with Crippen LogP contribution in [0.3, 0.4) is 0 Å². The van der Waals surface area contributed by atoms with E-state index in [0.717, 1.165) is 17.3 Å². The first-order valence-corrected chi connectivity index (χ1v) is 21.0. The van der Waals surface area contributed by atoms with Gasteiger partial charge in [0.05, 0.1) is 50.1 Å². The fourth-order valence-electron chi connectivity index (χ4n) is 8.33. The summed E-state index contributed by atoms with van der Waals surface area (Å²) >= 11 is 0. The molecule has 1 N–H and O–H groups in total. The molecule has 0 atom stereocenters. The number of fused-ring (bicyclic) bond motifs is 1. The molecule has 3 nitrogen and oxygen atoms in total. The average Bonchev–Trinajstić information content (AvgIpc) is 3.29. The highest BCUT2D eigenvalue weighted by Gasteiger charge is 2.47. The Morgan fingerprint density at radius 1 is 0.364 bits per heavy atom. The van der Waals surface area contributed by atoms with Gasteiger partial charge in [-0.15, -0.1) is 0 Å². The van der Waals surface area contributed by atoms with Gasteiger partial charge in [0, 0.05) is 17.0 Å². The van der Waals surface area contributed by atoms with E-state index in [9.17, 15) is 110 Å². The molecule has 6 aromatic carbocycles. The third-order valence-electron chi connectivity index (χ3n) is 11.7. The Bertz CT molecular complexity index is 2870. The van der Waals surface area contributed by atoms with Gasteiger partial charge in [0.2, 0.25) is 0 Å². The van der Waals surface area contributed by atoms with Gasteiger partial charge in [-0.3, -0.25) is 0 Å². The fourth-order valence-corrected chi connectivity index (χ4v) is 8.33. The molecule has 7 aromatic rings. The average molecular weight is 1130 g/mol. The van der Waals surface area contributed by atoms with Gasteiger partial charge in [-0.2, -0.15) is 127 Å². The molecule has 0 aliphatic carbocycles. The van der Waals surface area contributed by atoms with Gasteiger partial charge in [0.25, 0.3) is 0 Å². The van der Waals surface area contributed by atoms with Gasteiger partial charge >= 0.3 is 55.4 Å². The smallest absolute Gasteiger partial charge is 0.416 e. The minimum atomic E-state index is -6.13. The van der Waals surface area contributed by atoms with E-state index in [4.69, 9.17) is 5.11 Å². The lowest BCUT2D eigenvalue weighted by Gasteiger charge is -2.46. The van der Waals surface area contributed by atoms with Gasteiger partial charge in [-0.05, 0) is 41.8 Å². The summed E-state index contributed by atoms with van der Waals surface area (Å²) in [6, 6.07) is 8.54. The molecule has 0 radical (unpaired) electrons. The zero-order valence-electron chi connectivity index (χ0n) is 37.4. The predicted molar refractivity (Wildman–Crippen MR) is 227 cm³/mol. The maximum absolute atomic E-state index is 14.2. The number of hydrogen-bond donors (Lipinski definition) is 1. The van der Waals surface area contributed by atoms with Gasteiger partial charge < -0.3 is 5.11 Å². The third kappa shape index (κ3) is 13.4. The van der Waals surface area contributed by atoms with Crippen molar-refractivity contribution in [1.29, 1.82) is 0 Å². The van der Waals surface area contributed by atoms with E-state index in [2.05, 4.69) is 16.7 Å². The largest absolute Gasteiger partial charge is 0.478 e. The lowest BCUT2D eigenvalue weighted by atomic mass is 9.12.